The topological polar surface area (TPSA) is 49.4 Å². The number of carbonyl (C=O) groups excluding carboxylic acids is 2. The summed E-state index contributed by atoms with van der Waals surface area (Å²) in [5, 5.41) is 3.28. The lowest BCUT2D eigenvalue weighted by Crippen LogP contribution is -2.29. The van der Waals surface area contributed by atoms with E-state index in [1.54, 1.807) is 23.1 Å². The molecule has 0 aromatic heterocycles. The Kier molecular flexibility index (Phi) is 7.47. The van der Waals surface area contributed by atoms with Gasteiger partial charge in [0.25, 0.3) is 5.91 Å². The number of carbonyl (C=O) groups is 2. The predicted molar refractivity (Wildman–Crippen MR) is 125 cm³/mol. The highest BCUT2D eigenvalue weighted by molar-refractivity contribution is 8.26. The molecule has 0 atom stereocenters. The van der Waals surface area contributed by atoms with Crippen LogP contribution >= 0.6 is 35.6 Å². The molecule has 150 valence electrons. The summed E-state index contributed by atoms with van der Waals surface area (Å²) in [5.41, 5.74) is 2.81. The van der Waals surface area contributed by atoms with Gasteiger partial charge in [-0.05, 0) is 42.2 Å². The van der Waals surface area contributed by atoms with Gasteiger partial charge < -0.3 is 5.32 Å². The second-order valence-corrected chi connectivity index (χ2v) is 8.64. The number of halogens is 1. The van der Waals surface area contributed by atoms with Crippen molar-refractivity contribution in [3.8, 4) is 0 Å². The Morgan fingerprint density at radius 1 is 1.21 bits per heavy atom. The molecule has 0 unspecified atom stereocenters. The Morgan fingerprint density at radius 2 is 1.93 bits per heavy atom. The third kappa shape index (κ3) is 5.69. The predicted octanol–water partition coefficient (Wildman–Crippen LogP) is 5.52. The maximum Gasteiger partial charge on any atom is 0.266 e. The molecule has 2 aromatic rings. The fourth-order valence-corrected chi connectivity index (χ4v) is 4.36. The van der Waals surface area contributed by atoms with Crippen molar-refractivity contribution < 1.29 is 9.59 Å². The fourth-order valence-electron chi connectivity index (χ4n) is 2.87. The fraction of sp³-hybridized carbons (Fsp3) is 0.227. The Bertz CT molecular complexity index is 958. The van der Waals surface area contributed by atoms with E-state index in [1.807, 2.05) is 24.3 Å². The molecular formula is C22H21ClN2O2S2. The molecule has 7 heteroatoms. The van der Waals surface area contributed by atoms with Crippen LogP contribution in [0.5, 0.6) is 0 Å². The number of aryl methyl sites for hydroxylation is 1. The van der Waals surface area contributed by atoms with Gasteiger partial charge >= 0.3 is 0 Å². The molecule has 4 nitrogen and oxygen atoms in total. The molecule has 1 saturated heterocycles. The van der Waals surface area contributed by atoms with Crippen LogP contribution in [-0.2, 0) is 16.0 Å². The van der Waals surface area contributed by atoms with Gasteiger partial charge in [0.05, 0.1) is 15.6 Å². The van der Waals surface area contributed by atoms with E-state index in [9.17, 15) is 9.59 Å². The molecule has 2 amide bonds. The molecule has 0 radical (unpaired) electrons. The van der Waals surface area contributed by atoms with Crippen molar-refractivity contribution in [3.05, 3.63) is 69.6 Å². The first-order valence-electron chi connectivity index (χ1n) is 9.36. The molecule has 0 saturated carbocycles. The van der Waals surface area contributed by atoms with Crippen LogP contribution in [0.25, 0.3) is 6.08 Å². The molecule has 0 aliphatic carbocycles. The average molecular weight is 445 g/mol. The van der Waals surface area contributed by atoms with E-state index in [0.717, 1.165) is 12.0 Å². The van der Waals surface area contributed by atoms with Crippen LogP contribution in [0.2, 0.25) is 5.02 Å². The SMILES string of the molecule is CCc1ccc(/C=C2\SC(=S)N(CCCC(=O)Nc3ccccc3Cl)C2=O)cc1. The number of thiocarbonyl (C=S) groups is 1. The van der Waals surface area contributed by atoms with Crippen LogP contribution in [-0.4, -0.2) is 27.6 Å². The van der Waals surface area contributed by atoms with Gasteiger partial charge in [-0.15, -0.1) is 0 Å². The summed E-state index contributed by atoms with van der Waals surface area (Å²) in [6.07, 6.45) is 3.64. The van der Waals surface area contributed by atoms with Crippen LogP contribution in [0, 0.1) is 0 Å². The maximum atomic E-state index is 12.7. The summed E-state index contributed by atoms with van der Waals surface area (Å²) in [5.74, 6) is -0.249. The molecule has 0 spiro atoms. The van der Waals surface area contributed by atoms with Crippen molar-refractivity contribution in [3.63, 3.8) is 0 Å². The van der Waals surface area contributed by atoms with E-state index in [0.29, 0.717) is 32.9 Å². The first kappa shape index (κ1) is 21.6. The van der Waals surface area contributed by atoms with E-state index < -0.39 is 0 Å². The van der Waals surface area contributed by atoms with E-state index in [-0.39, 0.29) is 18.2 Å². The van der Waals surface area contributed by atoms with E-state index in [1.165, 1.54) is 17.3 Å². The standard InChI is InChI=1S/C22H21ClN2O2S2/c1-2-15-9-11-16(12-10-15)14-19-21(27)25(22(28)29-19)13-5-8-20(26)24-18-7-4-3-6-17(18)23/h3-4,6-7,9-12,14H,2,5,8,13H2,1H3,(H,24,26)/b19-14-. The number of benzene rings is 2. The van der Waals surface area contributed by atoms with Crippen LogP contribution in [0.15, 0.2) is 53.4 Å². The highest BCUT2D eigenvalue weighted by atomic mass is 35.5. The number of anilines is 1. The number of hydrogen-bond donors (Lipinski definition) is 1. The third-order valence-corrected chi connectivity index (χ3v) is 6.20. The normalized spacial score (nSPS) is 15.2. The van der Waals surface area contributed by atoms with Crippen LogP contribution in [0.1, 0.15) is 30.9 Å². The minimum Gasteiger partial charge on any atom is -0.325 e. The number of nitrogens with one attached hydrogen (secondary N) is 1. The summed E-state index contributed by atoms with van der Waals surface area (Å²) >= 11 is 12.7. The van der Waals surface area contributed by atoms with Gasteiger partial charge in [-0.3, -0.25) is 14.5 Å². The smallest absolute Gasteiger partial charge is 0.266 e. The number of amides is 2. The number of hydrogen-bond acceptors (Lipinski definition) is 4. The van der Waals surface area contributed by atoms with Gasteiger partial charge in [0.1, 0.15) is 4.32 Å². The van der Waals surface area contributed by atoms with Gasteiger partial charge in [0.15, 0.2) is 0 Å². The summed E-state index contributed by atoms with van der Waals surface area (Å²) in [6, 6.07) is 15.2. The monoisotopic (exact) mass is 444 g/mol. The Hall–Kier alpha value is -2.15. The molecule has 1 aliphatic heterocycles. The van der Waals surface area contributed by atoms with Crippen LogP contribution in [0.4, 0.5) is 5.69 Å². The molecule has 1 aliphatic rings. The minimum absolute atomic E-state index is 0.105. The quantitative estimate of drug-likeness (QED) is 0.451. The lowest BCUT2D eigenvalue weighted by atomic mass is 10.1. The summed E-state index contributed by atoms with van der Waals surface area (Å²) in [7, 11) is 0. The van der Waals surface area contributed by atoms with Crippen molar-refractivity contribution in [2.45, 2.75) is 26.2 Å². The maximum absolute atomic E-state index is 12.7. The molecule has 1 fully saturated rings. The van der Waals surface area contributed by atoms with Gasteiger partial charge in [0, 0.05) is 13.0 Å². The van der Waals surface area contributed by atoms with E-state index in [2.05, 4.69) is 24.4 Å². The second-order valence-electron chi connectivity index (χ2n) is 6.56. The largest absolute Gasteiger partial charge is 0.325 e. The van der Waals surface area contributed by atoms with Gasteiger partial charge in [-0.25, -0.2) is 0 Å². The van der Waals surface area contributed by atoms with Crippen molar-refractivity contribution in [1.29, 1.82) is 0 Å². The summed E-state index contributed by atoms with van der Waals surface area (Å²) < 4.78 is 0.526. The summed E-state index contributed by atoms with van der Waals surface area (Å²) in [6.45, 7) is 2.52. The second kappa shape index (κ2) is 10.1. The number of rotatable bonds is 7. The van der Waals surface area contributed by atoms with Gasteiger partial charge in [0.2, 0.25) is 5.91 Å². The van der Waals surface area contributed by atoms with Gasteiger partial charge in [-0.1, -0.05) is 78.9 Å². The number of para-hydroxylation sites is 1. The molecule has 1 N–H and O–H groups in total. The van der Waals surface area contributed by atoms with Crippen LogP contribution in [0.3, 0.4) is 0 Å². The Labute approximate surface area is 185 Å². The lowest BCUT2D eigenvalue weighted by molar-refractivity contribution is -0.122. The molecule has 29 heavy (non-hydrogen) atoms. The van der Waals surface area contributed by atoms with Gasteiger partial charge in [-0.2, -0.15) is 0 Å². The molecule has 1 heterocycles. The number of nitrogens with zero attached hydrogens (tertiary/aromatic N) is 1. The van der Waals surface area contributed by atoms with E-state index >= 15 is 0 Å². The number of thioether (sulfide) groups is 1. The Balaban J connectivity index is 1.54. The Morgan fingerprint density at radius 3 is 2.62 bits per heavy atom. The van der Waals surface area contributed by atoms with Crippen molar-refractivity contribution in [2.75, 3.05) is 11.9 Å². The highest BCUT2D eigenvalue weighted by Gasteiger charge is 2.31. The van der Waals surface area contributed by atoms with Crippen molar-refractivity contribution in [1.82, 2.24) is 4.90 Å². The molecule has 0 bridgehead atoms. The summed E-state index contributed by atoms with van der Waals surface area (Å²) in [4.78, 5) is 27.0. The molecule has 2 aromatic carbocycles. The molecule has 3 rings (SSSR count). The lowest BCUT2D eigenvalue weighted by Gasteiger charge is -2.14. The molecular weight excluding hydrogens is 424 g/mol. The van der Waals surface area contributed by atoms with Crippen molar-refractivity contribution in [2.24, 2.45) is 0 Å². The third-order valence-electron chi connectivity index (χ3n) is 4.49. The zero-order valence-corrected chi connectivity index (χ0v) is 18.4. The average Bonchev–Trinajstić information content (AvgIpc) is 2.97. The minimum atomic E-state index is -0.143. The first-order valence-corrected chi connectivity index (χ1v) is 11.0. The van der Waals surface area contributed by atoms with E-state index in [4.69, 9.17) is 23.8 Å². The highest BCUT2D eigenvalue weighted by Crippen LogP contribution is 2.32. The van der Waals surface area contributed by atoms with Crippen LogP contribution < -0.4 is 5.32 Å². The zero-order chi connectivity index (χ0) is 20.8. The first-order chi connectivity index (χ1) is 14.0. The van der Waals surface area contributed by atoms with Crippen molar-refractivity contribution >= 4 is 63.5 Å². The zero-order valence-electron chi connectivity index (χ0n) is 16.0.